The molecule has 0 aromatic heterocycles. The topological polar surface area (TPSA) is 0 Å². The van der Waals surface area contributed by atoms with Crippen molar-refractivity contribution in [3.8, 4) is 0 Å². The fourth-order valence-electron chi connectivity index (χ4n) is 1.41. The van der Waals surface area contributed by atoms with Crippen molar-refractivity contribution < 1.29 is 20.1 Å². The number of hydrogen-bond acceptors (Lipinski definition) is 0. The first-order valence-corrected chi connectivity index (χ1v) is 4.75. The standard InChI is InChI=1S/C10H15.2C2H4.Ir/c1-7-6-10(4,5)9(3)8(7)2;2*1-2;/h1-5H3;2*1-2H2;/q-1;;;. The second-order valence-corrected chi connectivity index (χ2v) is 3.62. The summed E-state index contributed by atoms with van der Waals surface area (Å²) in [6, 6.07) is 0. The van der Waals surface area contributed by atoms with Gasteiger partial charge in [0.2, 0.25) is 0 Å². The van der Waals surface area contributed by atoms with Crippen LogP contribution in [0.15, 0.2) is 43.0 Å². The van der Waals surface area contributed by atoms with E-state index in [4.69, 9.17) is 0 Å². The molecule has 89 valence electrons. The molecule has 0 fully saturated rings. The molecule has 0 N–H and O–H groups in total. The molecule has 15 heavy (non-hydrogen) atoms. The van der Waals surface area contributed by atoms with E-state index in [1.807, 2.05) is 0 Å². The van der Waals surface area contributed by atoms with Crippen LogP contribution in [-0.2, 0) is 20.1 Å². The van der Waals surface area contributed by atoms with Gasteiger partial charge in [-0.15, -0.1) is 33.2 Å². The monoisotopic (exact) mass is 384 g/mol. The van der Waals surface area contributed by atoms with Crippen LogP contribution in [0.4, 0.5) is 0 Å². The number of rotatable bonds is 0. The van der Waals surface area contributed by atoms with Crippen LogP contribution < -0.4 is 0 Å². The van der Waals surface area contributed by atoms with Crippen molar-refractivity contribution in [2.45, 2.75) is 34.6 Å². The van der Waals surface area contributed by atoms with Crippen molar-refractivity contribution >= 4 is 0 Å². The predicted octanol–water partition coefficient (Wildman–Crippen LogP) is 4.71. The van der Waals surface area contributed by atoms with E-state index >= 15 is 0 Å². The van der Waals surface area contributed by atoms with Crippen LogP contribution >= 0.6 is 0 Å². The molecule has 0 aliphatic heterocycles. The van der Waals surface area contributed by atoms with E-state index in [9.17, 15) is 0 Å². The van der Waals surface area contributed by atoms with Crippen molar-refractivity contribution in [1.82, 2.24) is 0 Å². The average molecular weight is 384 g/mol. The summed E-state index contributed by atoms with van der Waals surface area (Å²) in [6.07, 6.45) is 3.44. The maximum Gasteiger partial charge on any atom is 0 e. The van der Waals surface area contributed by atoms with Crippen molar-refractivity contribution in [1.29, 1.82) is 0 Å². The Morgan fingerprint density at radius 1 is 0.933 bits per heavy atom. The van der Waals surface area contributed by atoms with Gasteiger partial charge < -0.3 is 0 Å². The van der Waals surface area contributed by atoms with Gasteiger partial charge in [0.05, 0.1) is 0 Å². The third-order valence-corrected chi connectivity index (χ3v) is 2.56. The van der Waals surface area contributed by atoms with Gasteiger partial charge in [-0.05, 0) is 0 Å². The molecule has 0 spiro atoms. The molecule has 0 aromatic rings. The van der Waals surface area contributed by atoms with Crippen LogP contribution in [0.5, 0.6) is 0 Å². The fraction of sp³-hybridized carbons (Fsp3) is 0.429. The Kier molecular flexibility index (Phi) is 11.9. The van der Waals surface area contributed by atoms with Gasteiger partial charge in [-0.1, -0.05) is 33.1 Å². The second kappa shape index (κ2) is 8.88. The molecule has 0 nitrogen and oxygen atoms in total. The Balaban J connectivity index is -0.000000258. The van der Waals surface area contributed by atoms with Crippen molar-refractivity contribution in [2.75, 3.05) is 0 Å². The Hall–Kier alpha value is -0.391. The predicted molar refractivity (Wildman–Crippen MR) is 67.1 cm³/mol. The first kappa shape index (κ1) is 20.1. The Morgan fingerprint density at radius 3 is 1.33 bits per heavy atom. The molecule has 0 bridgehead atoms. The third-order valence-electron chi connectivity index (χ3n) is 2.56. The molecule has 1 aliphatic rings. The Morgan fingerprint density at radius 2 is 1.27 bits per heavy atom. The maximum atomic E-state index is 3.44. The fourth-order valence-corrected chi connectivity index (χ4v) is 1.41. The van der Waals surface area contributed by atoms with E-state index in [-0.39, 0.29) is 25.5 Å². The molecule has 1 rings (SSSR count). The quantitative estimate of drug-likeness (QED) is 0.420. The molecule has 1 aliphatic carbocycles. The molecule has 0 saturated heterocycles. The molecule has 0 heterocycles. The van der Waals surface area contributed by atoms with Crippen LogP contribution in [0, 0.1) is 11.5 Å². The average Bonchev–Trinajstić information content (AvgIpc) is 2.36. The summed E-state index contributed by atoms with van der Waals surface area (Å²) in [5, 5.41) is 0. The Bertz CT molecular complexity index is 242. The van der Waals surface area contributed by atoms with Crippen LogP contribution in [0.3, 0.4) is 0 Å². The van der Waals surface area contributed by atoms with Gasteiger partial charge >= 0.3 is 0 Å². The summed E-state index contributed by atoms with van der Waals surface area (Å²) in [5.74, 6) is 0. The summed E-state index contributed by atoms with van der Waals surface area (Å²) in [7, 11) is 0. The zero-order valence-electron chi connectivity index (χ0n) is 10.7. The van der Waals surface area contributed by atoms with E-state index in [1.165, 1.54) is 16.7 Å². The van der Waals surface area contributed by atoms with Gasteiger partial charge in [-0.3, -0.25) is 6.08 Å². The van der Waals surface area contributed by atoms with E-state index in [1.54, 1.807) is 0 Å². The van der Waals surface area contributed by atoms with Crippen LogP contribution in [0.1, 0.15) is 34.6 Å². The molecular formula is C14H23Ir-. The van der Waals surface area contributed by atoms with Crippen molar-refractivity contribution in [3.05, 3.63) is 49.1 Å². The van der Waals surface area contributed by atoms with Gasteiger partial charge in [0.1, 0.15) is 0 Å². The Labute approximate surface area is 109 Å². The van der Waals surface area contributed by atoms with Crippen LogP contribution in [-0.4, -0.2) is 0 Å². The molecule has 0 amide bonds. The maximum absolute atomic E-state index is 3.44. The summed E-state index contributed by atoms with van der Waals surface area (Å²) < 4.78 is 0. The first-order chi connectivity index (χ1) is 6.45. The van der Waals surface area contributed by atoms with Gasteiger partial charge in [0.15, 0.2) is 0 Å². The van der Waals surface area contributed by atoms with Gasteiger partial charge in [0, 0.05) is 20.1 Å². The molecule has 0 atom stereocenters. The van der Waals surface area contributed by atoms with Gasteiger partial charge in [-0.2, -0.15) is 11.1 Å². The van der Waals surface area contributed by atoms with Crippen LogP contribution in [0.2, 0.25) is 0 Å². The van der Waals surface area contributed by atoms with E-state index in [0.29, 0.717) is 0 Å². The molecule has 0 unspecified atom stereocenters. The molecule has 0 aromatic carbocycles. The van der Waals surface area contributed by atoms with Crippen LogP contribution in [0.25, 0.3) is 0 Å². The largest absolute Gasteiger partial charge is 0.263 e. The zero-order chi connectivity index (χ0) is 11.9. The summed E-state index contributed by atoms with van der Waals surface area (Å²) in [4.78, 5) is 0. The number of allylic oxidation sites excluding steroid dienone is 4. The minimum atomic E-state index is 0. The zero-order valence-corrected chi connectivity index (χ0v) is 13.1. The summed E-state index contributed by atoms with van der Waals surface area (Å²) >= 11 is 0. The van der Waals surface area contributed by atoms with Crippen molar-refractivity contribution in [3.63, 3.8) is 0 Å². The summed E-state index contributed by atoms with van der Waals surface area (Å²) in [5.41, 5.74) is 4.39. The van der Waals surface area contributed by atoms with Gasteiger partial charge in [0.25, 0.3) is 0 Å². The molecular weight excluding hydrogens is 360 g/mol. The minimum absolute atomic E-state index is 0. The smallest absolute Gasteiger partial charge is 0 e. The molecule has 1 heteroatoms. The van der Waals surface area contributed by atoms with E-state index in [2.05, 4.69) is 67.0 Å². The van der Waals surface area contributed by atoms with E-state index < -0.39 is 0 Å². The second-order valence-electron chi connectivity index (χ2n) is 3.62. The third kappa shape index (κ3) is 5.30. The first-order valence-electron chi connectivity index (χ1n) is 4.75. The van der Waals surface area contributed by atoms with Gasteiger partial charge in [-0.25, -0.2) is 5.57 Å². The number of hydrogen-bond donors (Lipinski definition) is 0. The normalized spacial score (nSPS) is 16.2. The van der Waals surface area contributed by atoms with E-state index in [0.717, 1.165) is 0 Å². The molecule has 0 saturated carbocycles. The SMILES string of the molecule is C=C.C=C.CC1=[C-]C(C)(C)C(C)=C1C.[Ir]. The summed E-state index contributed by atoms with van der Waals surface area (Å²) in [6.45, 7) is 22.9. The minimum Gasteiger partial charge on any atom is -0.263 e. The van der Waals surface area contributed by atoms with Crippen molar-refractivity contribution in [2.24, 2.45) is 5.41 Å². The molecule has 1 radical (unpaired) electrons.